The Morgan fingerprint density at radius 1 is 1.23 bits per heavy atom. The van der Waals surface area contributed by atoms with Gasteiger partial charge >= 0.3 is 6.03 Å². The lowest BCUT2D eigenvalue weighted by atomic mass is 10.0. The Bertz CT molecular complexity index is 949. The quantitative estimate of drug-likeness (QED) is 0.754. The van der Waals surface area contributed by atoms with Crippen LogP contribution in [0.3, 0.4) is 0 Å². The van der Waals surface area contributed by atoms with Gasteiger partial charge in [0.05, 0.1) is 19.4 Å². The number of likely N-dealkylation sites (tertiary alicyclic amines) is 2. The molecule has 8 heteroatoms. The molecule has 3 fully saturated rings. The van der Waals surface area contributed by atoms with Crippen molar-refractivity contribution in [2.45, 2.75) is 26.4 Å². The van der Waals surface area contributed by atoms with Crippen LogP contribution in [0.5, 0.6) is 0 Å². The minimum atomic E-state index is -0.196. The Labute approximate surface area is 182 Å². The highest BCUT2D eigenvalue weighted by atomic mass is 19.1. The van der Waals surface area contributed by atoms with Crippen LogP contribution in [-0.2, 0) is 11.3 Å². The molecule has 7 nitrogen and oxygen atoms in total. The van der Waals surface area contributed by atoms with E-state index in [1.165, 1.54) is 4.68 Å². The molecule has 1 aromatic heterocycles. The third kappa shape index (κ3) is 4.06. The van der Waals surface area contributed by atoms with E-state index in [1.807, 2.05) is 17.9 Å². The normalized spacial score (nSPS) is 26.5. The average molecular weight is 428 g/mol. The molecule has 3 atom stereocenters. The van der Waals surface area contributed by atoms with Gasteiger partial charge in [0.1, 0.15) is 5.82 Å². The van der Waals surface area contributed by atoms with Gasteiger partial charge in [-0.05, 0) is 48.9 Å². The van der Waals surface area contributed by atoms with Gasteiger partial charge in [0.15, 0.2) is 0 Å². The van der Waals surface area contributed by atoms with Gasteiger partial charge in [-0.2, -0.15) is 9.78 Å². The number of morpholine rings is 1. The number of anilines is 1. The standard InChI is InChI=1S/C23H30FN5O2/c1-16-8-25-29(9-16)23(30)27-13-19-11-26(12-20(19)14-27)10-18-3-4-21(24)7-22(18)28-5-6-31-15-17(28)2/h3-4,7-9,17,19-20H,5-6,10-15H2,1-2H3. The molecule has 0 N–H and O–H groups in total. The molecule has 3 saturated heterocycles. The van der Waals surface area contributed by atoms with Crippen LogP contribution in [0.4, 0.5) is 14.9 Å². The molecule has 1 amide bonds. The molecule has 4 heterocycles. The van der Waals surface area contributed by atoms with Gasteiger partial charge in [0, 0.05) is 57.2 Å². The Hall–Kier alpha value is -2.45. The maximum absolute atomic E-state index is 14.1. The number of nitrogens with zero attached hydrogens (tertiary/aromatic N) is 5. The number of aryl methyl sites for hydroxylation is 1. The summed E-state index contributed by atoms with van der Waals surface area (Å²) in [5, 5.41) is 4.16. The third-order valence-corrected chi connectivity index (χ3v) is 6.86. The molecule has 3 unspecified atom stereocenters. The molecule has 0 saturated carbocycles. The fourth-order valence-electron chi connectivity index (χ4n) is 5.30. The Morgan fingerprint density at radius 3 is 2.68 bits per heavy atom. The van der Waals surface area contributed by atoms with E-state index in [1.54, 1.807) is 24.5 Å². The second kappa shape index (κ2) is 8.24. The number of carbonyl (C=O) groups excluding carboxylic acids is 1. The molecule has 0 aliphatic carbocycles. The number of hydrogen-bond donors (Lipinski definition) is 0. The minimum absolute atomic E-state index is 0.0313. The third-order valence-electron chi connectivity index (χ3n) is 6.86. The molecule has 0 radical (unpaired) electrons. The first-order valence-electron chi connectivity index (χ1n) is 11.1. The van der Waals surface area contributed by atoms with Gasteiger partial charge in [-0.15, -0.1) is 0 Å². The monoisotopic (exact) mass is 427 g/mol. The minimum Gasteiger partial charge on any atom is -0.377 e. The van der Waals surface area contributed by atoms with Crippen molar-refractivity contribution in [3.63, 3.8) is 0 Å². The zero-order valence-electron chi connectivity index (χ0n) is 18.2. The summed E-state index contributed by atoms with van der Waals surface area (Å²) in [4.78, 5) is 19.4. The van der Waals surface area contributed by atoms with E-state index in [2.05, 4.69) is 21.8 Å². The molecule has 3 aliphatic rings. The smallest absolute Gasteiger partial charge is 0.344 e. The van der Waals surface area contributed by atoms with Crippen molar-refractivity contribution in [1.29, 1.82) is 0 Å². The van der Waals surface area contributed by atoms with Crippen LogP contribution >= 0.6 is 0 Å². The number of fused-ring (bicyclic) bond motifs is 1. The van der Waals surface area contributed by atoms with Gasteiger partial charge in [-0.3, -0.25) is 4.90 Å². The molecular weight excluding hydrogens is 397 g/mol. The van der Waals surface area contributed by atoms with Gasteiger partial charge < -0.3 is 14.5 Å². The fourth-order valence-corrected chi connectivity index (χ4v) is 5.30. The zero-order chi connectivity index (χ0) is 21.5. The predicted molar refractivity (Wildman–Crippen MR) is 116 cm³/mol. The molecule has 0 bridgehead atoms. The largest absolute Gasteiger partial charge is 0.377 e. The molecule has 2 aromatic rings. The number of halogens is 1. The van der Waals surface area contributed by atoms with Crippen LogP contribution in [0.1, 0.15) is 18.1 Å². The molecule has 1 aromatic carbocycles. The topological polar surface area (TPSA) is 53.8 Å². The van der Waals surface area contributed by atoms with Gasteiger partial charge in [0.25, 0.3) is 0 Å². The summed E-state index contributed by atoms with van der Waals surface area (Å²) in [5.41, 5.74) is 3.14. The number of carbonyl (C=O) groups is 1. The summed E-state index contributed by atoms with van der Waals surface area (Å²) in [5.74, 6) is 0.761. The van der Waals surface area contributed by atoms with E-state index in [0.29, 0.717) is 25.0 Å². The van der Waals surface area contributed by atoms with Crippen LogP contribution in [0, 0.1) is 24.6 Å². The summed E-state index contributed by atoms with van der Waals surface area (Å²) in [6.07, 6.45) is 3.50. The first-order chi connectivity index (χ1) is 15.0. The van der Waals surface area contributed by atoms with Crippen LogP contribution in [0.15, 0.2) is 30.6 Å². The van der Waals surface area contributed by atoms with Crippen molar-refractivity contribution >= 4 is 11.7 Å². The molecule has 31 heavy (non-hydrogen) atoms. The fraction of sp³-hybridized carbons (Fsp3) is 0.565. The van der Waals surface area contributed by atoms with Crippen LogP contribution < -0.4 is 4.90 Å². The van der Waals surface area contributed by atoms with Crippen LogP contribution in [-0.4, -0.2) is 77.6 Å². The number of ether oxygens (including phenoxy) is 1. The number of amides is 1. The van der Waals surface area contributed by atoms with E-state index in [9.17, 15) is 9.18 Å². The van der Waals surface area contributed by atoms with Gasteiger partial charge in [-0.25, -0.2) is 9.18 Å². The second-order valence-corrected chi connectivity index (χ2v) is 9.25. The summed E-state index contributed by atoms with van der Waals surface area (Å²) in [7, 11) is 0. The highest BCUT2D eigenvalue weighted by molar-refractivity contribution is 5.76. The lowest BCUT2D eigenvalue weighted by molar-refractivity contribution is 0.0987. The summed E-state index contributed by atoms with van der Waals surface area (Å²) in [6, 6.07) is 5.36. The predicted octanol–water partition coefficient (Wildman–Crippen LogP) is 2.59. The molecular formula is C23H30FN5O2. The van der Waals surface area contributed by atoms with E-state index < -0.39 is 0 Å². The van der Waals surface area contributed by atoms with Crippen molar-refractivity contribution in [1.82, 2.24) is 19.6 Å². The van der Waals surface area contributed by atoms with Crippen molar-refractivity contribution in [3.8, 4) is 0 Å². The number of aromatic nitrogens is 2. The highest BCUT2D eigenvalue weighted by Crippen LogP contribution is 2.34. The van der Waals surface area contributed by atoms with Gasteiger partial charge in [-0.1, -0.05) is 6.07 Å². The van der Waals surface area contributed by atoms with Crippen LogP contribution in [0.2, 0.25) is 0 Å². The lowest BCUT2D eigenvalue weighted by Crippen LogP contribution is -2.44. The maximum Gasteiger partial charge on any atom is 0.344 e. The van der Waals surface area contributed by atoms with Crippen molar-refractivity contribution in [2.24, 2.45) is 11.8 Å². The molecule has 166 valence electrons. The molecule has 3 aliphatic heterocycles. The van der Waals surface area contributed by atoms with Crippen LogP contribution in [0.25, 0.3) is 0 Å². The number of rotatable bonds is 3. The highest BCUT2D eigenvalue weighted by Gasteiger charge is 2.42. The molecule has 5 rings (SSSR count). The second-order valence-electron chi connectivity index (χ2n) is 9.25. The lowest BCUT2D eigenvalue weighted by Gasteiger charge is -2.37. The van der Waals surface area contributed by atoms with E-state index in [4.69, 9.17) is 4.74 Å². The Balaban J connectivity index is 1.24. The van der Waals surface area contributed by atoms with E-state index in [0.717, 1.165) is 56.1 Å². The SMILES string of the molecule is Cc1cnn(C(=O)N2CC3CN(Cc4ccc(F)cc4N4CCOCC4C)CC3C2)c1. The maximum atomic E-state index is 14.1. The van der Waals surface area contributed by atoms with E-state index in [-0.39, 0.29) is 17.9 Å². The summed E-state index contributed by atoms with van der Waals surface area (Å²) < 4.78 is 21.1. The summed E-state index contributed by atoms with van der Waals surface area (Å²) >= 11 is 0. The Kier molecular flexibility index (Phi) is 5.44. The first kappa shape index (κ1) is 20.5. The van der Waals surface area contributed by atoms with Crippen molar-refractivity contribution in [2.75, 3.05) is 50.8 Å². The number of benzene rings is 1. The van der Waals surface area contributed by atoms with Crippen molar-refractivity contribution < 1.29 is 13.9 Å². The van der Waals surface area contributed by atoms with E-state index >= 15 is 0 Å². The molecule has 0 spiro atoms. The average Bonchev–Trinajstić information content (AvgIpc) is 3.44. The zero-order valence-corrected chi connectivity index (χ0v) is 18.2. The number of hydrogen-bond acceptors (Lipinski definition) is 5. The van der Waals surface area contributed by atoms with Crippen molar-refractivity contribution in [3.05, 3.63) is 47.5 Å². The van der Waals surface area contributed by atoms with Gasteiger partial charge in [0.2, 0.25) is 0 Å². The summed E-state index contributed by atoms with van der Waals surface area (Å²) in [6.45, 7) is 10.5. The Morgan fingerprint density at radius 2 is 2.00 bits per heavy atom. The first-order valence-corrected chi connectivity index (χ1v) is 11.1.